The van der Waals surface area contributed by atoms with E-state index in [2.05, 4.69) is 15.5 Å². The smallest absolute Gasteiger partial charge is 0.255 e. The number of hydrogen-bond acceptors (Lipinski definition) is 5. The van der Waals surface area contributed by atoms with E-state index in [9.17, 15) is 9.18 Å². The normalized spacial score (nSPS) is 11.0. The van der Waals surface area contributed by atoms with E-state index in [1.54, 1.807) is 18.2 Å². The van der Waals surface area contributed by atoms with Crippen molar-refractivity contribution >= 4 is 33.9 Å². The van der Waals surface area contributed by atoms with Gasteiger partial charge >= 0.3 is 0 Å². The first-order valence-electron chi connectivity index (χ1n) is 7.49. The molecule has 0 aliphatic carbocycles. The zero-order valence-electron chi connectivity index (χ0n) is 13.1. The lowest BCUT2D eigenvalue weighted by Crippen LogP contribution is -2.11. The Balaban J connectivity index is 1.68. The van der Waals surface area contributed by atoms with Gasteiger partial charge in [0.2, 0.25) is 0 Å². The fraction of sp³-hybridized carbons (Fsp3) is 0.0556. The van der Waals surface area contributed by atoms with Crippen molar-refractivity contribution in [2.45, 2.75) is 6.92 Å². The molecule has 25 heavy (non-hydrogen) atoms. The van der Waals surface area contributed by atoms with Crippen molar-refractivity contribution in [2.75, 3.05) is 5.32 Å². The lowest BCUT2D eigenvalue weighted by atomic mass is 10.1. The molecule has 4 aromatic rings. The molecule has 5 nitrogen and oxygen atoms in total. The molecule has 4 rings (SSSR count). The summed E-state index contributed by atoms with van der Waals surface area (Å²) in [7, 11) is 0. The summed E-state index contributed by atoms with van der Waals surface area (Å²) in [6.45, 7) is 1.91. The second-order valence-corrected chi connectivity index (χ2v) is 6.52. The molecule has 2 heterocycles. The summed E-state index contributed by atoms with van der Waals surface area (Å²) in [6, 6.07) is 10.7. The largest absolute Gasteiger partial charge is 0.356 e. The summed E-state index contributed by atoms with van der Waals surface area (Å²) in [5.74, 6) is -0.651. The molecule has 1 N–H and O–H groups in total. The third kappa shape index (κ3) is 3.01. The van der Waals surface area contributed by atoms with E-state index in [1.165, 1.54) is 35.6 Å². The number of anilines is 1. The number of amides is 1. The second-order valence-electron chi connectivity index (χ2n) is 5.45. The number of nitrogens with one attached hydrogen (secondary N) is 1. The van der Waals surface area contributed by atoms with Gasteiger partial charge in [-0.15, -0.1) is 11.3 Å². The fourth-order valence-corrected chi connectivity index (χ4v) is 3.07. The lowest BCUT2D eigenvalue weighted by Gasteiger charge is -2.05. The van der Waals surface area contributed by atoms with Crippen molar-refractivity contribution in [3.8, 4) is 11.4 Å². The van der Waals surface area contributed by atoms with Gasteiger partial charge in [-0.05, 0) is 49.4 Å². The predicted molar refractivity (Wildman–Crippen MR) is 94.2 cm³/mol. The van der Waals surface area contributed by atoms with Crippen molar-refractivity contribution in [3.63, 3.8) is 0 Å². The van der Waals surface area contributed by atoms with Gasteiger partial charge in [-0.2, -0.15) is 0 Å². The van der Waals surface area contributed by atoms with Crippen LogP contribution < -0.4 is 5.32 Å². The van der Waals surface area contributed by atoms with Crippen LogP contribution in [0.4, 0.5) is 10.1 Å². The van der Waals surface area contributed by atoms with Gasteiger partial charge in [-0.1, -0.05) is 5.16 Å². The van der Waals surface area contributed by atoms with Crippen LogP contribution in [0.25, 0.3) is 22.4 Å². The minimum absolute atomic E-state index is 0.296. The number of carbonyl (C=O) groups is 1. The van der Waals surface area contributed by atoms with Crippen LogP contribution in [0.2, 0.25) is 0 Å². The van der Waals surface area contributed by atoms with Gasteiger partial charge in [0.25, 0.3) is 5.91 Å². The van der Waals surface area contributed by atoms with E-state index in [1.807, 2.05) is 12.3 Å². The molecule has 0 saturated carbocycles. The van der Waals surface area contributed by atoms with Crippen molar-refractivity contribution < 1.29 is 13.7 Å². The average Bonchev–Trinajstić information content (AvgIpc) is 3.22. The fourth-order valence-electron chi connectivity index (χ4n) is 2.47. The number of halogens is 1. The number of rotatable bonds is 3. The highest BCUT2D eigenvalue weighted by molar-refractivity contribution is 7.09. The molecule has 2 aromatic heterocycles. The average molecular weight is 353 g/mol. The SMILES string of the molecule is Cc1nc(-c2noc3ccc(C(=O)Nc4ccc(F)cc4)cc23)cs1. The van der Waals surface area contributed by atoms with Gasteiger partial charge in [-0.3, -0.25) is 4.79 Å². The first-order valence-corrected chi connectivity index (χ1v) is 8.37. The van der Waals surface area contributed by atoms with Gasteiger partial charge in [-0.25, -0.2) is 9.37 Å². The Bertz CT molecular complexity index is 1070. The van der Waals surface area contributed by atoms with Gasteiger partial charge in [0.1, 0.15) is 17.2 Å². The summed E-state index contributed by atoms with van der Waals surface area (Å²) >= 11 is 1.52. The molecule has 0 aliphatic rings. The van der Waals surface area contributed by atoms with Gasteiger partial charge < -0.3 is 9.84 Å². The molecular formula is C18H12FN3O2S. The highest BCUT2D eigenvalue weighted by Crippen LogP contribution is 2.29. The minimum Gasteiger partial charge on any atom is -0.356 e. The number of carbonyl (C=O) groups excluding carboxylic acids is 1. The zero-order chi connectivity index (χ0) is 17.4. The highest BCUT2D eigenvalue weighted by Gasteiger charge is 2.15. The topological polar surface area (TPSA) is 68.0 Å². The van der Waals surface area contributed by atoms with Gasteiger partial charge in [0.05, 0.1) is 10.4 Å². The molecule has 0 unspecified atom stereocenters. The molecule has 1 amide bonds. The number of fused-ring (bicyclic) bond motifs is 1. The van der Waals surface area contributed by atoms with Gasteiger partial charge in [0, 0.05) is 16.6 Å². The summed E-state index contributed by atoms with van der Waals surface area (Å²) in [5.41, 5.74) is 2.88. The van der Waals surface area contributed by atoms with Crippen molar-refractivity contribution in [2.24, 2.45) is 0 Å². The highest BCUT2D eigenvalue weighted by atomic mass is 32.1. The van der Waals surface area contributed by atoms with Gasteiger partial charge in [0.15, 0.2) is 5.58 Å². The number of aryl methyl sites for hydroxylation is 1. The van der Waals surface area contributed by atoms with Crippen LogP contribution in [-0.2, 0) is 0 Å². The van der Waals surface area contributed by atoms with Crippen LogP contribution >= 0.6 is 11.3 Å². The zero-order valence-corrected chi connectivity index (χ0v) is 13.9. The third-order valence-corrected chi connectivity index (χ3v) is 4.47. The molecule has 2 aromatic carbocycles. The first kappa shape index (κ1) is 15.5. The van der Waals surface area contributed by atoms with E-state index in [-0.39, 0.29) is 11.7 Å². The molecule has 0 bridgehead atoms. The molecule has 0 fully saturated rings. The quantitative estimate of drug-likeness (QED) is 0.582. The molecule has 0 saturated heterocycles. The molecule has 0 spiro atoms. The molecule has 7 heteroatoms. The number of nitrogens with zero attached hydrogens (tertiary/aromatic N) is 2. The van der Waals surface area contributed by atoms with E-state index in [4.69, 9.17) is 4.52 Å². The summed E-state index contributed by atoms with van der Waals surface area (Å²) < 4.78 is 18.3. The molecular weight excluding hydrogens is 341 g/mol. The Kier molecular flexibility index (Phi) is 3.77. The predicted octanol–water partition coefficient (Wildman–Crippen LogP) is 4.65. The monoisotopic (exact) mass is 353 g/mol. The Morgan fingerprint density at radius 1 is 1.20 bits per heavy atom. The summed E-state index contributed by atoms with van der Waals surface area (Å²) in [5, 5.41) is 10.4. The maximum atomic E-state index is 13.0. The lowest BCUT2D eigenvalue weighted by molar-refractivity contribution is 0.102. The Morgan fingerprint density at radius 2 is 2.00 bits per heavy atom. The molecule has 0 aliphatic heterocycles. The van der Waals surface area contributed by atoms with Crippen molar-refractivity contribution in [1.29, 1.82) is 0 Å². The first-order chi connectivity index (χ1) is 12.1. The van der Waals surface area contributed by atoms with E-state index in [0.717, 1.165) is 16.1 Å². The molecule has 124 valence electrons. The third-order valence-electron chi connectivity index (χ3n) is 3.70. The number of aromatic nitrogens is 2. The molecule has 0 radical (unpaired) electrons. The standard InChI is InChI=1S/C18H12FN3O2S/c1-10-20-15(9-25-10)17-14-8-11(2-7-16(14)24-22-17)18(23)21-13-5-3-12(19)4-6-13/h2-9H,1H3,(H,21,23). The summed E-state index contributed by atoms with van der Waals surface area (Å²) in [4.78, 5) is 16.9. The van der Waals surface area contributed by atoms with E-state index in [0.29, 0.717) is 22.5 Å². The van der Waals surface area contributed by atoms with Crippen LogP contribution in [0.3, 0.4) is 0 Å². The van der Waals surface area contributed by atoms with E-state index < -0.39 is 0 Å². The minimum atomic E-state index is -0.355. The Hall–Kier alpha value is -3.06. The Morgan fingerprint density at radius 3 is 2.72 bits per heavy atom. The van der Waals surface area contributed by atoms with Crippen molar-refractivity contribution in [1.82, 2.24) is 10.1 Å². The number of thiazole rings is 1. The maximum absolute atomic E-state index is 13.0. The number of benzene rings is 2. The maximum Gasteiger partial charge on any atom is 0.255 e. The van der Waals surface area contributed by atoms with Crippen LogP contribution in [0, 0.1) is 12.7 Å². The molecule has 0 atom stereocenters. The van der Waals surface area contributed by atoms with Crippen LogP contribution in [-0.4, -0.2) is 16.0 Å². The second kappa shape index (κ2) is 6.10. The number of hydrogen-bond donors (Lipinski definition) is 1. The van der Waals surface area contributed by atoms with Crippen LogP contribution in [0.1, 0.15) is 15.4 Å². The van der Waals surface area contributed by atoms with E-state index >= 15 is 0 Å². The van der Waals surface area contributed by atoms with Crippen LogP contribution in [0.15, 0.2) is 52.4 Å². The van der Waals surface area contributed by atoms with Crippen molar-refractivity contribution in [3.05, 3.63) is 64.2 Å². The van der Waals surface area contributed by atoms with Crippen LogP contribution in [0.5, 0.6) is 0 Å². The summed E-state index contributed by atoms with van der Waals surface area (Å²) in [6.07, 6.45) is 0. The Labute approximate surface area is 146 Å².